The minimum absolute atomic E-state index is 0.00710. The molecule has 5 rings (SSSR count). The summed E-state index contributed by atoms with van der Waals surface area (Å²) in [6.45, 7) is 2.32. The molecule has 1 aromatic heterocycles. The number of carbonyl (C=O) groups excluding carboxylic acids is 1. The Morgan fingerprint density at radius 2 is 1.53 bits per heavy atom. The van der Waals surface area contributed by atoms with Crippen LogP contribution in [0.25, 0.3) is 33.4 Å². The van der Waals surface area contributed by atoms with Gasteiger partial charge in [-0.25, -0.2) is 0 Å². The zero-order valence-corrected chi connectivity index (χ0v) is 17.3. The number of fused-ring (bicyclic) bond motifs is 1. The Morgan fingerprint density at radius 3 is 2.25 bits per heavy atom. The highest BCUT2D eigenvalue weighted by Gasteiger charge is 2.19. The number of carbonyl (C=O) groups is 1. The molecule has 0 bridgehead atoms. The first-order valence-electron chi connectivity index (χ1n) is 10.4. The molecule has 1 N–H and O–H groups in total. The lowest BCUT2D eigenvalue weighted by molar-refractivity contribution is 0.0303. The van der Waals surface area contributed by atoms with Crippen molar-refractivity contribution in [2.75, 3.05) is 26.3 Å². The van der Waals surface area contributed by atoms with Crippen molar-refractivity contribution in [1.82, 2.24) is 4.90 Å². The molecule has 2 heterocycles. The third-order valence-corrected chi connectivity index (χ3v) is 5.67. The van der Waals surface area contributed by atoms with Crippen LogP contribution >= 0.6 is 0 Å². The second-order valence-corrected chi connectivity index (χ2v) is 7.67. The van der Waals surface area contributed by atoms with Crippen LogP contribution in [-0.4, -0.2) is 42.2 Å². The van der Waals surface area contributed by atoms with Crippen LogP contribution < -0.4 is 5.43 Å². The van der Waals surface area contributed by atoms with Gasteiger partial charge in [-0.2, -0.15) is 0 Å². The van der Waals surface area contributed by atoms with Gasteiger partial charge in [0.15, 0.2) is 5.76 Å². The van der Waals surface area contributed by atoms with Gasteiger partial charge in [0, 0.05) is 24.2 Å². The van der Waals surface area contributed by atoms with Gasteiger partial charge in [0.1, 0.15) is 5.58 Å². The summed E-state index contributed by atoms with van der Waals surface area (Å²) in [6, 6.07) is 21.6. The summed E-state index contributed by atoms with van der Waals surface area (Å²) in [5.74, 6) is -0.263. The topological polar surface area (TPSA) is 80.0 Å². The van der Waals surface area contributed by atoms with Gasteiger partial charge >= 0.3 is 0 Å². The van der Waals surface area contributed by atoms with Gasteiger partial charge in [0.25, 0.3) is 5.91 Å². The molecule has 0 unspecified atom stereocenters. The van der Waals surface area contributed by atoms with Gasteiger partial charge in [-0.3, -0.25) is 9.59 Å². The van der Waals surface area contributed by atoms with Crippen LogP contribution in [0.3, 0.4) is 0 Å². The Kier molecular flexibility index (Phi) is 5.21. The van der Waals surface area contributed by atoms with E-state index in [9.17, 15) is 14.7 Å². The normalized spacial score (nSPS) is 13.9. The van der Waals surface area contributed by atoms with E-state index in [0.717, 1.165) is 11.1 Å². The highest BCUT2D eigenvalue weighted by Crippen LogP contribution is 2.32. The Labute approximate surface area is 184 Å². The average molecular weight is 427 g/mol. The van der Waals surface area contributed by atoms with Gasteiger partial charge < -0.3 is 19.2 Å². The fourth-order valence-corrected chi connectivity index (χ4v) is 3.90. The summed E-state index contributed by atoms with van der Waals surface area (Å²) in [5, 5.41) is 10.7. The number of nitrogens with zero attached hydrogens (tertiary/aromatic N) is 1. The van der Waals surface area contributed by atoms with Gasteiger partial charge in [-0.15, -0.1) is 0 Å². The van der Waals surface area contributed by atoms with Gasteiger partial charge in [0.05, 0.1) is 18.6 Å². The first-order valence-corrected chi connectivity index (χ1v) is 10.4. The van der Waals surface area contributed by atoms with E-state index in [1.807, 2.05) is 30.3 Å². The fraction of sp³-hybridized carbons (Fsp3) is 0.154. The molecule has 0 saturated carbocycles. The molecular formula is C26H21NO5. The van der Waals surface area contributed by atoms with Crippen LogP contribution in [-0.2, 0) is 4.74 Å². The summed E-state index contributed by atoms with van der Waals surface area (Å²) >= 11 is 0. The van der Waals surface area contributed by atoms with Crippen LogP contribution in [0.15, 0.2) is 82.0 Å². The molecular weight excluding hydrogens is 406 g/mol. The molecule has 3 aromatic carbocycles. The van der Waals surface area contributed by atoms with E-state index in [2.05, 4.69) is 0 Å². The number of hydrogen-bond donors (Lipinski definition) is 1. The van der Waals surface area contributed by atoms with E-state index in [-0.39, 0.29) is 11.7 Å². The lowest BCUT2D eigenvalue weighted by Gasteiger charge is -2.26. The van der Waals surface area contributed by atoms with Crippen molar-refractivity contribution in [1.29, 1.82) is 0 Å². The molecule has 0 aliphatic carbocycles. The maximum atomic E-state index is 12.7. The minimum atomic E-state index is -0.469. The van der Waals surface area contributed by atoms with Gasteiger partial charge in [-0.1, -0.05) is 48.5 Å². The van der Waals surface area contributed by atoms with Crippen molar-refractivity contribution < 1.29 is 19.1 Å². The predicted molar refractivity (Wildman–Crippen MR) is 122 cm³/mol. The van der Waals surface area contributed by atoms with E-state index >= 15 is 0 Å². The molecule has 4 aromatic rings. The number of aromatic hydroxyl groups is 1. The molecule has 6 nitrogen and oxygen atoms in total. The van der Waals surface area contributed by atoms with Crippen molar-refractivity contribution in [2.45, 2.75) is 0 Å². The molecule has 32 heavy (non-hydrogen) atoms. The van der Waals surface area contributed by atoms with Crippen molar-refractivity contribution in [3.05, 3.63) is 88.6 Å². The highest BCUT2D eigenvalue weighted by molar-refractivity contribution is 5.95. The fourth-order valence-electron chi connectivity index (χ4n) is 3.90. The molecule has 1 aliphatic heterocycles. The van der Waals surface area contributed by atoms with Crippen LogP contribution in [0.2, 0.25) is 0 Å². The molecule has 160 valence electrons. The summed E-state index contributed by atoms with van der Waals surface area (Å²) in [7, 11) is 0. The quantitative estimate of drug-likeness (QED) is 0.527. The lowest BCUT2D eigenvalue weighted by Crippen LogP contribution is -2.40. The molecule has 1 aliphatic rings. The molecule has 1 saturated heterocycles. The van der Waals surface area contributed by atoms with E-state index in [1.54, 1.807) is 47.4 Å². The standard InChI is InChI=1S/C26H21NO5/c28-23-21-11-10-20(16-22(21)32-25(24(23)29)18-4-2-1-3-5-18)17-6-8-19(9-7-17)26(30)27-12-14-31-15-13-27/h1-11,16,29H,12-15H2. The number of hydrogen-bond acceptors (Lipinski definition) is 5. The average Bonchev–Trinajstić information content (AvgIpc) is 2.86. The third-order valence-electron chi connectivity index (χ3n) is 5.67. The molecule has 1 fully saturated rings. The first kappa shape index (κ1) is 20.0. The first-order chi connectivity index (χ1) is 15.6. The molecule has 0 spiro atoms. The number of ether oxygens (including phenoxy) is 1. The van der Waals surface area contributed by atoms with Crippen molar-refractivity contribution in [2.24, 2.45) is 0 Å². The summed E-state index contributed by atoms with van der Waals surface area (Å²) in [4.78, 5) is 27.1. The Bertz CT molecular complexity index is 1340. The van der Waals surface area contributed by atoms with E-state index in [0.29, 0.717) is 48.4 Å². The summed E-state index contributed by atoms with van der Waals surface area (Å²) in [5.41, 5.74) is 2.90. The Balaban J connectivity index is 1.50. The molecule has 1 amide bonds. The monoisotopic (exact) mass is 427 g/mol. The Hall–Kier alpha value is -3.90. The minimum Gasteiger partial charge on any atom is -0.502 e. The summed E-state index contributed by atoms with van der Waals surface area (Å²) < 4.78 is 11.2. The van der Waals surface area contributed by atoms with E-state index in [1.165, 1.54) is 0 Å². The predicted octanol–water partition coefficient (Wildman–Crippen LogP) is 4.31. The third kappa shape index (κ3) is 3.65. The Morgan fingerprint density at radius 1 is 0.844 bits per heavy atom. The SMILES string of the molecule is O=C(c1ccc(-c2ccc3c(=O)c(O)c(-c4ccccc4)oc3c2)cc1)N1CCOCC1. The second kappa shape index (κ2) is 8.32. The van der Waals surface area contributed by atoms with Crippen molar-refractivity contribution in [3.63, 3.8) is 0 Å². The maximum absolute atomic E-state index is 12.7. The van der Waals surface area contributed by atoms with E-state index in [4.69, 9.17) is 9.15 Å². The maximum Gasteiger partial charge on any atom is 0.254 e. The molecule has 6 heteroatoms. The van der Waals surface area contributed by atoms with Gasteiger partial charge in [-0.05, 0) is 35.4 Å². The second-order valence-electron chi connectivity index (χ2n) is 7.67. The van der Waals surface area contributed by atoms with Crippen LogP contribution in [0, 0.1) is 0 Å². The molecule has 0 atom stereocenters. The number of benzene rings is 3. The van der Waals surface area contributed by atoms with Crippen molar-refractivity contribution in [3.8, 4) is 28.2 Å². The van der Waals surface area contributed by atoms with Crippen LogP contribution in [0.1, 0.15) is 10.4 Å². The highest BCUT2D eigenvalue weighted by atomic mass is 16.5. The summed E-state index contributed by atoms with van der Waals surface area (Å²) in [6.07, 6.45) is 0. The number of morpholine rings is 1. The lowest BCUT2D eigenvalue weighted by atomic mass is 10.0. The zero-order valence-electron chi connectivity index (χ0n) is 17.3. The number of rotatable bonds is 3. The molecule has 0 radical (unpaired) electrons. The van der Waals surface area contributed by atoms with E-state index < -0.39 is 11.2 Å². The number of amides is 1. The smallest absolute Gasteiger partial charge is 0.254 e. The van der Waals surface area contributed by atoms with Crippen LogP contribution in [0.4, 0.5) is 0 Å². The largest absolute Gasteiger partial charge is 0.502 e. The van der Waals surface area contributed by atoms with Gasteiger partial charge in [0.2, 0.25) is 11.2 Å². The zero-order chi connectivity index (χ0) is 22.1. The van der Waals surface area contributed by atoms with Crippen molar-refractivity contribution >= 4 is 16.9 Å². The van der Waals surface area contributed by atoms with Crippen LogP contribution in [0.5, 0.6) is 5.75 Å².